The van der Waals surface area contributed by atoms with Crippen LogP contribution in [0.15, 0.2) is 47.3 Å². The fourth-order valence-electron chi connectivity index (χ4n) is 2.43. The van der Waals surface area contributed by atoms with Gasteiger partial charge in [-0.05, 0) is 42.5 Å². The van der Waals surface area contributed by atoms with Crippen LogP contribution in [0.5, 0.6) is 5.75 Å². The number of alkyl halides is 3. The smallest absolute Gasteiger partial charge is 0.404 e. The van der Waals surface area contributed by atoms with Crippen LogP contribution in [-0.2, 0) is 7.05 Å². The van der Waals surface area contributed by atoms with Crippen molar-refractivity contribution in [2.45, 2.75) is 6.36 Å². The second-order valence-electron chi connectivity index (χ2n) is 5.55. The summed E-state index contributed by atoms with van der Waals surface area (Å²) in [7, 11) is 1.51. The minimum Gasteiger partial charge on any atom is -0.404 e. The van der Waals surface area contributed by atoms with E-state index in [9.17, 15) is 22.8 Å². The molecule has 6 nitrogen and oxygen atoms in total. The highest BCUT2D eigenvalue weighted by atomic mass is 32.1. The van der Waals surface area contributed by atoms with Crippen LogP contribution in [0.25, 0.3) is 10.9 Å². The number of benzene rings is 2. The fourth-order valence-corrected chi connectivity index (χ4v) is 2.62. The molecule has 0 unspecified atom stereocenters. The summed E-state index contributed by atoms with van der Waals surface area (Å²) >= 11 is 5.03. The summed E-state index contributed by atoms with van der Waals surface area (Å²) in [6.45, 7) is 0. The van der Waals surface area contributed by atoms with Crippen LogP contribution < -0.4 is 15.6 Å². The third kappa shape index (κ3) is 4.00. The Morgan fingerprint density at radius 2 is 1.93 bits per heavy atom. The molecular weight excluding hydrogens is 383 g/mol. The van der Waals surface area contributed by atoms with Crippen molar-refractivity contribution in [1.29, 1.82) is 0 Å². The lowest BCUT2D eigenvalue weighted by atomic mass is 10.1. The van der Waals surface area contributed by atoms with Gasteiger partial charge in [-0.3, -0.25) is 14.2 Å². The first-order valence-corrected chi connectivity index (χ1v) is 7.96. The minimum absolute atomic E-state index is 0.128. The van der Waals surface area contributed by atoms with Gasteiger partial charge >= 0.3 is 6.36 Å². The van der Waals surface area contributed by atoms with Crippen molar-refractivity contribution in [1.82, 2.24) is 9.55 Å². The van der Waals surface area contributed by atoms with E-state index < -0.39 is 18.0 Å². The van der Waals surface area contributed by atoms with Crippen molar-refractivity contribution < 1.29 is 22.7 Å². The zero-order valence-electron chi connectivity index (χ0n) is 13.8. The lowest BCUT2D eigenvalue weighted by molar-refractivity contribution is -0.274. The number of aromatic amines is 1. The van der Waals surface area contributed by atoms with Crippen molar-refractivity contribution in [3.05, 3.63) is 63.2 Å². The van der Waals surface area contributed by atoms with Gasteiger partial charge in [-0.1, -0.05) is 12.1 Å². The first-order chi connectivity index (χ1) is 12.7. The summed E-state index contributed by atoms with van der Waals surface area (Å²) in [4.78, 5) is 27.4. The second kappa shape index (κ2) is 6.88. The van der Waals surface area contributed by atoms with Crippen LogP contribution in [-0.4, -0.2) is 21.8 Å². The molecule has 0 radical (unpaired) electrons. The summed E-state index contributed by atoms with van der Waals surface area (Å²) < 4.78 is 42.8. The van der Waals surface area contributed by atoms with E-state index in [1.54, 1.807) is 0 Å². The molecule has 3 aromatic rings. The van der Waals surface area contributed by atoms with Crippen molar-refractivity contribution in [3.8, 4) is 5.75 Å². The number of hydrogen-bond acceptors (Lipinski definition) is 4. The van der Waals surface area contributed by atoms with Crippen LogP contribution in [0.4, 0.5) is 18.9 Å². The first kappa shape index (κ1) is 18.6. The molecule has 2 N–H and O–H groups in total. The van der Waals surface area contributed by atoms with Crippen molar-refractivity contribution >= 4 is 34.7 Å². The molecule has 10 heteroatoms. The van der Waals surface area contributed by atoms with E-state index in [0.717, 1.165) is 6.07 Å². The Morgan fingerprint density at radius 3 is 2.63 bits per heavy atom. The number of aromatic nitrogens is 2. The SMILES string of the molecule is Cn1c(=S)[nH]c2cc(C(=O)Nc3ccccc3OC(F)(F)F)ccc2c1=O. The molecule has 0 bridgehead atoms. The van der Waals surface area contributed by atoms with Gasteiger partial charge in [0.25, 0.3) is 11.5 Å². The predicted molar refractivity (Wildman–Crippen MR) is 95.5 cm³/mol. The zero-order valence-corrected chi connectivity index (χ0v) is 14.6. The molecule has 0 spiro atoms. The van der Waals surface area contributed by atoms with Gasteiger partial charge in [0.1, 0.15) is 0 Å². The molecule has 0 fully saturated rings. The van der Waals surface area contributed by atoms with Crippen molar-refractivity contribution in [3.63, 3.8) is 0 Å². The average Bonchev–Trinajstić information content (AvgIpc) is 2.60. The molecule has 27 heavy (non-hydrogen) atoms. The van der Waals surface area contributed by atoms with Crippen LogP contribution in [0.1, 0.15) is 10.4 Å². The molecule has 0 saturated heterocycles. The Morgan fingerprint density at radius 1 is 1.22 bits per heavy atom. The minimum atomic E-state index is -4.89. The molecule has 0 aliphatic carbocycles. The van der Waals surface area contributed by atoms with Gasteiger partial charge in [-0.25, -0.2) is 0 Å². The number of halogens is 3. The molecule has 0 aliphatic rings. The van der Waals surface area contributed by atoms with E-state index in [1.165, 1.54) is 48.0 Å². The van der Waals surface area contributed by atoms with E-state index in [1.807, 2.05) is 0 Å². The first-order valence-electron chi connectivity index (χ1n) is 7.55. The second-order valence-corrected chi connectivity index (χ2v) is 5.94. The summed E-state index contributed by atoms with van der Waals surface area (Å²) in [6, 6.07) is 9.41. The van der Waals surface area contributed by atoms with Gasteiger partial charge in [0.2, 0.25) is 0 Å². The lowest BCUT2D eigenvalue weighted by Gasteiger charge is -2.14. The molecule has 140 valence electrons. The standard InChI is InChI=1S/C17H12F3N3O3S/c1-23-15(25)10-7-6-9(8-12(10)22-16(23)27)14(24)21-11-4-2-3-5-13(11)26-17(18,19)20/h2-8H,1H3,(H,21,24)(H,22,27). The Hall–Kier alpha value is -3.14. The third-order valence-corrected chi connectivity index (χ3v) is 4.10. The lowest BCUT2D eigenvalue weighted by Crippen LogP contribution is -2.20. The summed E-state index contributed by atoms with van der Waals surface area (Å²) in [6.07, 6.45) is -4.89. The Labute approximate surface area is 155 Å². The van der Waals surface area contributed by atoms with E-state index in [2.05, 4.69) is 15.0 Å². The number of carbonyl (C=O) groups is 1. The molecule has 0 atom stereocenters. The van der Waals surface area contributed by atoms with E-state index in [4.69, 9.17) is 12.2 Å². The quantitative estimate of drug-likeness (QED) is 0.663. The normalized spacial score (nSPS) is 11.4. The number of para-hydroxylation sites is 2. The number of hydrogen-bond donors (Lipinski definition) is 2. The van der Waals surface area contributed by atoms with Gasteiger partial charge in [0, 0.05) is 12.6 Å². The Bertz CT molecular complexity index is 1150. The molecule has 0 aliphatic heterocycles. The highest BCUT2D eigenvalue weighted by Crippen LogP contribution is 2.30. The number of amides is 1. The predicted octanol–water partition coefficient (Wildman–Crippen LogP) is 3.75. The molecule has 1 aromatic heterocycles. The van der Waals surface area contributed by atoms with Crippen LogP contribution in [0.3, 0.4) is 0 Å². The molecule has 1 amide bonds. The van der Waals surface area contributed by atoms with E-state index >= 15 is 0 Å². The van der Waals surface area contributed by atoms with Gasteiger partial charge in [-0.15, -0.1) is 13.2 Å². The van der Waals surface area contributed by atoms with E-state index in [0.29, 0.717) is 10.9 Å². The van der Waals surface area contributed by atoms with Crippen LogP contribution >= 0.6 is 12.2 Å². The zero-order chi connectivity index (χ0) is 19.8. The molecule has 2 aromatic carbocycles. The average molecular weight is 395 g/mol. The van der Waals surface area contributed by atoms with Crippen LogP contribution in [0.2, 0.25) is 0 Å². The number of H-pyrrole nitrogens is 1. The molecule has 0 saturated carbocycles. The fraction of sp³-hybridized carbons (Fsp3) is 0.118. The van der Waals surface area contributed by atoms with Crippen molar-refractivity contribution in [2.75, 3.05) is 5.32 Å². The van der Waals surface area contributed by atoms with Gasteiger partial charge < -0.3 is 15.0 Å². The molecular formula is C17H12F3N3O3S. The number of carbonyl (C=O) groups excluding carboxylic acids is 1. The molecule has 1 heterocycles. The van der Waals surface area contributed by atoms with Gasteiger partial charge in [0.05, 0.1) is 16.6 Å². The van der Waals surface area contributed by atoms with Gasteiger partial charge in [-0.2, -0.15) is 0 Å². The van der Waals surface area contributed by atoms with Gasteiger partial charge in [0.15, 0.2) is 10.5 Å². The maximum atomic E-state index is 12.5. The summed E-state index contributed by atoms with van der Waals surface area (Å²) in [5.74, 6) is -1.21. The number of rotatable bonds is 3. The Kier molecular flexibility index (Phi) is 4.75. The number of anilines is 1. The monoisotopic (exact) mass is 395 g/mol. The number of nitrogens with one attached hydrogen (secondary N) is 2. The Balaban J connectivity index is 1.95. The largest absolute Gasteiger partial charge is 0.573 e. The third-order valence-electron chi connectivity index (χ3n) is 3.72. The van der Waals surface area contributed by atoms with Crippen LogP contribution in [0, 0.1) is 4.77 Å². The highest BCUT2D eigenvalue weighted by Gasteiger charge is 2.32. The molecule has 3 rings (SSSR count). The summed E-state index contributed by atoms with van der Waals surface area (Å²) in [5.41, 5.74) is 0.000239. The number of ether oxygens (including phenoxy) is 1. The number of fused-ring (bicyclic) bond motifs is 1. The summed E-state index contributed by atoms with van der Waals surface area (Å²) in [5, 5.41) is 2.69. The van der Waals surface area contributed by atoms with Crippen molar-refractivity contribution in [2.24, 2.45) is 7.05 Å². The topological polar surface area (TPSA) is 76.1 Å². The van der Waals surface area contributed by atoms with E-state index in [-0.39, 0.29) is 21.6 Å². The highest BCUT2D eigenvalue weighted by molar-refractivity contribution is 7.71. The maximum absolute atomic E-state index is 12.5. The maximum Gasteiger partial charge on any atom is 0.573 e. The number of nitrogens with zero attached hydrogens (tertiary/aromatic N) is 1.